The van der Waals surface area contributed by atoms with Gasteiger partial charge in [0, 0.05) is 25.3 Å². The van der Waals surface area contributed by atoms with Gasteiger partial charge in [0.1, 0.15) is 0 Å². The van der Waals surface area contributed by atoms with Gasteiger partial charge in [0.15, 0.2) is 0 Å². The average Bonchev–Trinajstić information content (AvgIpc) is 3.05. The number of alkyl halides is 3. The molecule has 5 nitrogen and oxygen atoms in total. The molecule has 0 aliphatic carbocycles. The molecule has 1 aliphatic heterocycles. The molecule has 0 unspecified atom stereocenters. The highest BCUT2D eigenvalue weighted by molar-refractivity contribution is 5.56. The van der Waals surface area contributed by atoms with E-state index in [0.717, 1.165) is 12.1 Å². The van der Waals surface area contributed by atoms with E-state index in [-0.39, 0.29) is 11.4 Å². The first-order chi connectivity index (χ1) is 10.9. The Bertz CT molecular complexity index is 679. The van der Waals surface area contributed by atoms with Crippen LogP contribution >= 0.6 is 0 Å². The summed E-state index contributed by atoms with van der Waals surface area (Å²) in [6.07, 6.45) is -3.12. The van der Waals surface area contributed by atoms with Gasteiger partial charge in [-0.1, -0.05) is 17.3 Å². The van der Waals surface area contributed by atoms with Crippen molar-refractivity contribution >= 4 is 0 Å². The van der Waals surface area contributed by atoms with Crippen LogP contribution in [0.3, 0.4) is 0 Å². The van der Waals surface area contributed by atoms with Crippen LogP contribution in [-0.2, 0) is 16.3 Å². The van der Waals surface area contributed by atoms with Gasteiger partial charge < -0.3 is 15.0 Å². The average molecular weight is 327 g/mol. The summed E-state index contributed by atoms with van der Waals surface area (Å²) >= 11 is 0. The molecule has 1 aliphatic rings. The van der Waals surface area contributed by atoms with E-state index in [0.29, 0.717) is 38.5 Å². The smallest absolute Gasteiger partial charge is 0.381 e. The van der Waals surface area contributed by atoms with E-state index in [1.54, 1.807) is 0 Å². The number of nitrogens with zero attached hydrogens (tertiary/aromatic N) is 2. The predicted molar refractivity (Wildman–Crippen MR) is 75.5 cm³/mol. The molecule has 23 heavy (non-hydrogen) atoms. The molecule has 0 spiro atoms. The fourth-order valence-electron chi connectivity index (χ4n) is 2.66. The van der Waals surface area contributed by atoms with Gasteiger partial charge in [-0.05, 0) is 25.0 Å². The predicted octanol–water partition coefficient (Wildman–Crippen LogP) is 2.76. The molecule has 0 atom stereocenters. The lowest BCUT2D eigenvalue weighted by Gasteiger charge is -2.32. The summed E-state index contributed by atoms with van der Waals surface area (Å²) in [5, 5.41) is 3.83. The van der Waals surface area contributed by atoms with E-state index in [2.05, 4.69) is 10.1 Å². The van der Waals surface area contributed by atoms with Crippen molar-refractivity contribution in [2.24, 2.45) is 5.73 Å². The number of ether oxygens (including phenoxy) is 1. The van der Waals surface area contributed by atoms with Crippen molar-refractivity contribution in [1.29, 1.82) is 0 Å². The number of hydrogen-bond acceptors (Lipinski definition) is 5. The van der Waals surface area contributed by atoms with Gasteiger partial charge in [-0.25, -0.2) is 0 Å². The van der Waals surface area contributed by atoms with E-state index in [4.69, 9.17) is 15.0 Å². The first kappa shape index (κ1) is 15.9. The second-order valence-electron chi connectivity index (χ2n) is 5.60. The SMILES string of the molecule is NCC1(c2nc(-c3cccc(C(F)(F)F)c3)no2)CCOCC1. The maximum atomic E-state index is 12.8. The van der Waals surface area contributed by atoms with Gasteiger partial charge in [-0.3, -0.25) is 0 Å². The van der Waals surface area contributed by atoms with Crippen LogP contribution in [0, 0.1) is 0 Å². The molecule has 0 saturated carbocycles. The summed E-state index contributed by atoms with van der Waals surface area (Å²) in [5.41, 5.74) is 4.91. The highest BCUT2D eigenvalue weighted by Crippen LogP contribution is 2.35. The summed E-state index contributed by atoms with van der Waals surface area (Å²) < 4.78 is 49.0. The molecule has 1 saturated heterocycles. The lowest BCUT2D eigenvalue weighted by molar-refractivity contribution is -0.137. The number of hydrogen-bond donors (Lipinski definition) is 1. The van der Waals surface area contributed by atoms with Gasteiger partial charge >= 0.3 is 6.18 Å². The zero-order chi connectivity index (χ0) is 16.5. The van der Waals surface area contributed by atoms with Crippen LogP contribution in [0.5, 0.6) is 0 Å². The highest BCUT2D eigenvalue weighted by atomic mass is 19.4. The maximum absolute atomic E-state index is 12.8. The normalized spacial score (nSPS) is 18.1. The number of aromatic nitrogens is 2. The van der Waals surface area contributed by atoms with Crippen molar-refractivity contribution in [1.82, 2.24) is 10.1 Å². The largest absolute Gasteiger partial charge is 0.416 e. The minimum absolute atomic E-state index is 0.130. The molecule has 1 fully saturated rings. The van der Waals surface area contributed by atoms with Gasteiger partial charge in [0.25, 0.3) is 0 Å². The van der Waals surface area contributed by atoms with Crippen LogP contribution in [0.1, 0.15) is 24.3 Å². The van der Waals surface area contributed by atoms with Gasteiger partial charge in [0.2, 0.25) is 11.7 Å². The van der Waals surface area contributed by atoms with Crippen LogP contribution in [0.15, 0.2) is 28.8 Å². The van der Waals surface area contributed by atoms with E-state index in [1.165, 1.54) is 12.1 Å². The third kappa shape index (κ3) is 3.09. The lowest BCUT2D eigenvalue weighted by Crippen LogP contribution is -2.40. The zero-order valence-electron chi connectivity index (χ0n) is 12.3. The Kier molecular flexibility index (Phi) is 4.11. The molecule has 2 N–H and O–H groups in total. The molecular formula is C15H16F3N3O2. The molecule has 0 amide bonds. The van der Waals surface area contributed by atoms with Crippen LogP contribution in [0.2, 0.25) is 0 Å². The van der Waals surface area contributed by atoms with Crippen molar-refractivity contribution in [3.8, 4) is 11.4 Å². The van der Waals surface area contributed by atoms with Crippen molar-refractivity contribution in [2.45, 2.75) is 24.4 Å². The van der Waals surface area contributed by atoms with Crippen molar-refractivity contribution < 1.29 is 22.4 Å². The number of nitrogens with two attached hydrogens (primary N) is 1. The van der Waals surface area contributed by atoms with Gasteiger partial charge in [-0.2, -0.15) is 18.2 Å². The van der Waals surface area contributed by atoms with Crippen molar-refractivity contribution in [2.75, 3.05) is 19.8 Å². The van der Waals surface area contributed by atoms with E-state index < -0.39 is 17.2 Å². The quantitative estimate of drug-likeness (QED) is 0.938. The lowest BCUT2D eigenvalue weighted by atomic mass is 9.80. The van der Waals surface area contributed by atoms with E-state index in [9.17, 15) is 13.2 Å². The highest BCUT2D eigenvalue weighted by Gasteiger charge is 2.39. The first-order valence-corrected chi connectivity index (χ1v) is 7.24. The summed E-state index contributed by atoms with van der Waals surface area (Å²) in [6.45, 7) is 1.40. The van der Waals surface area contributed by atoms with Gasteiger partial charge in [-0.15, -0.1) is 0 Å². The molecule has 1 aromatic heterocycles. The summed E-state index contributed by atoms with van der Waals surface area (Å²) in [4.78, 5) is 4.29. The second-order valence-corrected chi connectivity index (χ2v) is 5.60. The fourth-order valence-corrected chi connectivity index (χ4v) is 2.66. The Labute approximate surface area is 130 Å². The Morgan fingerprint density at radius 2 is 1.96 bits per heavy atom. The summed E-state index contributed by atoms with van der Waals surface area (Å²) in [6, 6.07) is 4.85. The third-order valence-corrected chi connectivity index (χ3v) is 4.17. The molecule has 8 heteroatoms. The second kappa shape index (κ2) is 5.93. The summed E-state index contributed by atoms with van der Waals surface area (Å²) in [7, 11) is 0. The zero-order valence-corrected chi connectivity index (χ0v) is 12.3. The van der Waals surface area contributed by atoms with Gasteiger partial charge in [0.05, 0.1) is 11.0 Å². The van der Waals surface area contributed by atoms with Crippen molar-refractivity contribution in [3.63, 3.8) is 0 Å². The fraction of sp³-hybridized carbons (Fsp3) is 0.467. The Balaban J connectivity index is 1.93. The van der Waals surface area contributed by atoms with E-state index in [1.807, 2.05) is 0 Å². The monoisotopic (exact) mass is 327 g/mol. The minimum Gasteiger partial charge on any atom is -0.381 e. The molecule has 0 bridgehead atoms. The van der Waals surface area contributed by atoms with Crippen molar-refractivity contribution in [3.05, 3.63) is 35.7 Å². The molecule has 2 heterocycles. The number of rotatable bonds is 3. The third-order valence-electron chi connectivity index (χ3n) is 4.17. The topological polar surface area (TPSA) is 74.2 Å². The Hall–Kier alpha value is -1.93. The van der Waals surface area contributed by atoms with E-state index >= 15 is 0 Å². The molecule has 0 radical (unpaired) electrons. The van der Waals surface area contributed by atoms with Crippen LogP contribution in [0.4, 0.5) is 13.2 Å². The van der Waals surface area contributed by atoms with Crippen LogP contribution in [-0.4, -0.2) is 29.9 Å². The molecule has 2 aromatic rings. The standard InChI is InChI=1S/C15H16F3N3O2/c16-15(17,18)11-3-1-2-10(8-11)12-20-13(23-21-12)14(9-19)4-6-22-7-5-14/h1-3,8H,4-7,9,19H2. The Morgan fingerprint density at radius 3 is 2.61 bits per heavy atom. The molecule has 3 rings (SSSR count). The molecule has 1 aromatic carbocycles. The first-order valence-electron chi connectivity index (χ1n) is 7.24. The minimum atomic E-state index is -4.41. The molecular weight excluding hydrogens is 311 g/mol. The van der Waals surface area contributed by atoms with Crippen LogP contribution < -0.4 is 5.73 Å². The van der Waals surface area contributed by atoms with Crippen LogP contribution in [0.25, 0.3) is 11.4 Å². The summed E-state index contributed by atoms with van der Waals surface area (Å²) in [5.74, 6) is 0.487. The maximum Gasteiger partial charge on any atom is 0.416 e. The number of benzene rings is 1. The Morgan fingerprint density at radius 1 is 1.22 bits per heavy atom. The number of halogens is 3. The molecule has 124 valence electrons.